The summed E-state index contributed by atoms with van der Waals surface area (Å²) in [6, 6.07) is 16.3. The van der Waals surface area contributed by atoms with Crippen LogP contribution in [0, 0.1) is 0 Å². The number of hydrogen-bond acceptors (Lipinski definition) is 6. The normalized spacial score (nSPS) is 15.2. The lowest BCUT2D eigenvalue weighted by molar-refractivity contribution is 0.282. The second kappa shape index (κ2) is 9.44. The smallest absolute Gasteiger partial charge is 0.168 e. The Hall–Kier alpha value is -3.32. The third-order valence-corrected chi connectivity index (χ3v) is 5.93. The summed E-state index contributed by atoms with van der Waals surface area (Å²) in [5, 5.41) is 5.71. The van der Waals surface area contributed by atoms with Crippen molar-refractivity contribution in [2.75, 3.05) is 31.1 Å². The van der Waals surface area contributed by atoms with Crippen molar-refractivity contribution in [2.45, 2.75) is 32.7 Å². The predicted molar refractivity (Wildman–Crippen MR) is 127 cm³/mol. The van der Waals surface area contributed by atoms with E-state index in [1.165, 1.54) is 0 Å². The first-order valence-electron chi connectivity index (χ1n) is 11.5. The highest BCUT2D eigenvalue weighted by Crippen LogP contribution is 2.27. The van der Waals surface area contributed by atoms with Gasteiger partial charge in [0.2, 0.25) is 0 Å². The van der Waals surface area contributed by atoms with Crippen LogP contribution in [0.15, 0.2) is 60.9 Å². The Kier molecular flexibility index (Phi) is 6.07. The maximum absolute atomic E-state index is 5.00. The maximum atomic E-state index is 5.00. The molecule has 4 heterocycles. The molecule has 0 saturated carbocycles. The monoisotopic (exact) mass is 427 g/mol. The van der Waals surface area contributed by atoms with Crippen molar-refractivity contribution < 1.29 is 0 Å². The van der Waals surface area contributed by atoms with Gasteiger partial charge in [-0.15, -0.1) is 0 Å². The Balaban J connectivity index is 1.44. The van der Waals surface area contributed by atoms with Gasteiger partial charge in [-0.2, -0.15) is 5.10 Å². The van der Waals surface area contributed by atoms with Gasteiger partial charge < -0.3 is 4.90 Å². The second-order valence-corrected chi connectivity index (χ2v) is 8.28. The predicted octanol–water partition coefficient (Wildman–Crippen LogP) is 3.88. The second-order valence-electron chi connectivity index (χ2n) is 8.28. The van der Waals surface area contributed by atoms with Gasteiger partial charge in [0.15, 0.2) is 5.65 Å². The fourth-order valence-corrected chi connectivity index (χ4v) is 4.33. The standard InChI is InChI=1S/C25H29N7/c1-2-9-23-28-24(22-18-27-32(25(22)29-23)21-11-4-3-5-12-21)31-15-8-14-30(16-17-31)19-20-10-6-7-13-26-20/h3-7,10-13,18H,2,8-9,14-17,19H2,1H3. The molecular weight excluding hydrogens is 398 g/mol. The molecule has 0 N–H and O–H groups in total. The molecule has 4 aromatic rings. The fourth-order valence-electron chi connectivity index (χ4n) is 4.33. The summed E-state index contributed by atoms with van der Waals surface area (Å²) < 4.78 is 1.94. The lowest BCUT2D eigenvalue weighted by Gasteiger charge is -2.23. The average molecular weight is 428 g/mol. The van der Waals surface area contributed by atoms with Gasteiger partial charge in [-0.3, -0.25) is 9.88 Å². The molecule has 0 radical (unpaired) electrons. The van der Waals surface area contributed by atoms with Crippen molar-refractivity contribution in [3.63, 3.8) is 0 Å². The van der Waals surface area contributed by atoms with Gasteiger partial charge in [-0.1, -0.05) is 31.2 Å². The van der Waals surface area contributed by atoms with Crippen molar-refractivity contribution in [2.24, 2.45) is 0 Å². The fraction of sp³-hybridized carbons (Fsp3) is 0.360. The zero-order valence-corrected chi connectivity index (χ0v) is 18.6. The van der Waals surface area contributed by atoms with Crippen molar-refractivity contribution in [1.82, 2.24) is 29.6 Å². The van der Waals surface area contributed by atoms with Gasteiger partial charge >= 0.3 is 0 Å². The Morgan fingerprint density at radius 1 is 0.906 bits per heavy atom. The first kappa shape index (κ1) is 20.6. The van der Waals surface area contributed by atoms with Crippen LogP contribution in [0.3, 0.4) is 0 Å². The number of rotatable bonds is 6. The van der Waals surface area contributed by atoms with Crippen LogP contribution >= 0.6 is 0 Å². The summed E-state index contributed by atoms with van der Waals surface area (Å²) in [7, 11) is 0. The van der Waals surface area contributed by atoms with Crippen molar-refractivity contribution in [3.8, 4) is 5.69 Å². The summed E-state index contributed by atoms with van der Waals surface area (Å²) in [4.78, 5) is 19.3. The molecule has 0 amide bonds. The van der Waals surface area contributed by atoms with Crippen LogP contribution in [-0.2, 0) is 13.0 Å². The molecule has 7 nitrogen and oxygen atoms in total. The van der Waals surface area contributed by atoms with Crippen LogP contribution in [0.5, 0.6) is 0 Å². The Morgan fingerprint density at radius 2 is 1.78 bits per heavy atom. The van der Waals surface area contributed by atoms with E-state index in [2.05, 4.69) is 51.1 Å². The van der Waals surface area contributed by atoms with Crippen molar-refractivity contribution in [1.29, 1.82) is 0 Å². The lowest BCUT2D eigenvalue weighted by Crippen LogP contribution is -2.31. The molecule has 0 aliphatic carbocycles. The molecule has 3 aromatic heterocycles. The number of aromatic nitrogens is 5. The van der Waals surface area contributed by atoms with E-state index in [-0.39, 0.29) is 0 Å². The van der Waals surface area contributed by atoms with E-state index in [1.54, 1.807) is 0 Å². The third-order valence-electron chi connectivity index (χ3n) is 5.93. The molecule has 1 aromatic carbocycles. The van der Waals surface area contributed by atoms with Crippen LogP contribution < -0.4 is 4.90 Å². The number of fused-ring (bicyclic) bond motifs is 1. The molecule has 1 saturated heterocycles. The Bertz CT molecular complexity index is 1160. The number of para-hydroxylation sites is 1. The first-order valence-corrected chi connectivity index (χ1v) is 11.5. The van der Waals surface area contributed by atoms with E-state index in [9.17, 15) is 0 Å². The summed E-state index contributed by atoms with van der Waals surface area (Å²) >= 11 is 0. The van der Waals surface area contributed by atoms with E-state index in [0.29, 0.717) is 0 Å². The van der Waals surface area contributed by atoms with E-state index < -0.39 is 0 Å². The molecular formula is C25H29N7. The van der Waals surface area contributed by atoms with Crippen LogP contribution in [0.2, 0.25) is 0 Å². The molecule has 0 atom stereocenters. The van der Waals surface area contributed by atoms with E-state index >= 15 is 0 Å². The molecule has 5 rings (SSSR count). The first-order chi connectivity index (χ1) is 15.8. The largest absolute Gasteiger partial charge is 0.355 e. The summed E-state index contributed by atoms with van der Waals surface area (Å²) in [6.07, 6.45) is 6.76. The molecule has 164 valence electrons. The van der Waals surface area contributed by atoms with Gasteiger partial charge in [-0.25, -0.2) is 14.6 Å². The topological polar surface area (TPSA) is 63.0 Å². The Labute approximate surface area is 188 Å². The van der Waals surface area contributed by atoms with Crippen LogP contribution in [-0.4, -0.2) is 55.8 Å². The molecule has 0 spiro atoms. The Morgan fingerprint density at radius 3 is 2.59 bits per heavy atom. The zero-order valence-electron chi connectivity index (χ0n) is 18.6. The molecule has 32 heavy (non-hydrogen) atoms. The SMILES string of the molecule is CCCc1nc(N2CCCN(Cc3ccccn3)CC2)c2cnn(-c3ccccc3)c2n1. The molecule has 0 bridgehead atoms. The summed E-state index contributed by atoms with van der Waals surface area (Å²) in [6.45, 7) is 7.02. The number of benzene rings is 1. The van der Waals surface area contributed by atoms with E-state index in [0.717, 1.165) is 86.0 Å². The van der Waals surface area contributed by atoms with Gasteiger partial charge in [0.1, 0.15) is 11.6 Å². The minimum absolute atomic E-state index is 0.864. The number of hydrogen-bond donors (Lipinski definition) is 0. The number of nitrogens with zero attached hydrogens (tertiary/aromatic N) is 7. The van der Waals surface area contributed by atoms with Crippen molar-refractivity contribution in [3.05, 3.63) is 72.4 Å². The summed E-state index contributed by atoms with van der Waals surface area (Å²) in [5.41, 5.74) is 3.03. The number of aryl methyl sites for hydroxylation is 1. The number of anilines is 1. The quantitative estimate of drug-likeness (QED) is 0.465. The average Bonchev–Trinajstić information content (AvgIpc) is 3.12. The van der Waals surface area contributed by atoms with E-state index in [1.807, 2.05) is 41.3 Å². The van der Waals surface area contributed by atoms with Gasteiger partial charge in [-0.05, 0) is 37.1 Å². The molecule has 0 unspecified atom stereocenters. The minimum Gasteiger partial charge on any atom is -0.355 e. The van der Waals surface area contributed by atoms with Crippen LogP contribution in [0.25, 0.3) is 16.7 Å². The van der Waals surface area contributed by atoms with Crippen molar-refractivity contribution >= 4 is 16.9 Å². The van der Waals surface area contributed by atoms with Crippen LogP contribution in [0.4, 0.5) is 5.82 Å². The molecule has 7 heteroatoms. The molecule has 1 aliphatic heterocycles. The summed E-state index contributed by atoms with van der Waals surface area (Å²) in [5.74, 6) is 1.91. The van der Waals surface area contributed by atoms with Gasteiger partial charge in [0.25, 0.3) is 0 Å². The highest BCUT2D eigenvalue weighted by Gasteiger charge is 2.21. The maximum Gasteiger partial charge on any atom is 0.168 e. The van der Waals surface area contributed by atoms with Gasteiger partial charge in [0, 0.05) is 45.3 Å². The highest BCUT2D eigenvalue weighted by molar-refractivity contribution is 5.88. The number of pyridine rings is 1. The van der Waals surface area contributed by atoms with E-state index in [4.69, 9.17) is 9.97 Å². The van der Waals surface area contributed by atoms with Crippen LogP contribution in [0.1, 0.15) is 31.3 Å². The molecule has 1 fully saturated rings. The minimum atomic E-state index is 0.864. The lowest BCUT2D eigenvalue weighted by atomic mass is 10.2. The molecule has 1 aliphatic rings. The highest BCUT2D eigenvalue weighted by atomic mass is 15.3. The zero-order chi connectivity index (χ0) is 21.8. The van der Waals surface area contributed by atoms with Gasteiger partial charge in [0.05, 0.1) is 23.0 Å². The third kappa shape index (κ3) is 4.34.